The van der Waals surface area contributed by atoms with E-state index in [9.17, 15) is 0 Å². The smallest absolute Gasteiger partial charge is 0.0861 e. The van der Waals surface area contributed by atoms with Crippen molar-refractivity contribution in [3.63, 3.8) is 0 Å². The van der Waals surface area contributed by atoms with Crippen LogP contribution < -0.4 is 10.6 Å². The summed E-state index contributed by atoms with van der Waals surface area (Å²) in [5.74, 6) is 0. The maximum absolute atomic E-state index is 4.83. The Kier molecular flexibility index (Phi) is 9.15. The van der Waals surface area contributed by atoms with Crippen LogP contribution in [0.1, 0.15) is 79.1 Å². The lowest BCUT2D eigenvalue weighted by Crippen LogP contribution is -2.21. The third kappa shape index (κ3) is 6.80. The Labute approximate surface area is 224 Å². The van der Waals surface area contributed by atoms with Crippen LogP contribution in [0.2, 0.25) is 0 Å². The summed E-state index contributed by atoms with van der Waals surface area (Å²) >= 11 is 0. The van der Waals surface area contributed by atoms with Crippen molar-refractivity contribution in [3.8, 4) is 0 Å². The largest absolute Gasteiger partial charge is 0.380 e. The predicted octanol–water partition coefficient (Wildman–Crippen LogP) is 8.35. The molecule has 0 aliphatic heterocycles. The Morgan fingerprint density at radius 1 is 1.00 bits per heavy atom. The molecule has 0 heterocycles. The minimum Gasteiger partial charge on any atom is -0.380 e. The van der Waals surface area contributed by atoms with Crippen LogP contribution >= 0.6 is 0 Å². The summed E-state index contributed by atoms with van der Waals surface area (Å²) in [6.07, 6.45) is 6.21. The van der Waals surface area contributed by atoms with Crippen LogP contribution in [-0.4, -0.2) is 5.71 Å². The molecule has 0 saturated carbocycles. The van der Waals surface area contributed by atoms with Gasteiger partial charge < -0.3 is 10.6 Å². The van der Waals surface area contributed by atoms with Crippen molar-refractivity contribution >= 4 is 11.3 Å². The van der Waals surface area contributed by atoms with Crippen molar-refractivity contribution in [1.82, 2.24) is 10.6 Å². The lowest BCUT2D eigenvalue weighted by atomic mass is 9.94. The van der Waals surface area contributed by atoms with Gasteiger partial charge in [0.1, 0.15) is 0 Å². The molecule has 2 aromatic rings. The third-order valence-electron chi connectivity index (χ3n) is 7.43. The molecule has 1 unspecified atom stereocenters. The first-order chi connectivity index (χ1) is 17.5. The minimum atomic E-state index is 0.257. The number of aryl methyl sites for hydroxylation is 2. The van der Waals surface area contributed by atoms with Crippen LogP contribution in [-0.2, 0) is 13.0 Å². The lowest BCUT2D eigenvalue weighted by molar-refractivity contribution is 0.598. The van der Waals surface area contributed by atoms with Crippen LogP contribution in [0.15, 0.2) is 89.9 Å². The number of hydrogen-bond acceptors (Lipinski definition) is 3. The summed E-state index contributed by atoms with van der Waals surface area (Å²) in [6, 6.07) is 11.3. The van der Waals surface area contributed by atoms with Crippen molar-refractivity contribution in [2.24, 2.45) is 4.99 Å². The normalized spacial score (nSPS) is 15.9. The SMILES string of the molecule is C=C(NCc1ccc(C)c(C)c1)C(/C=C(\C)C(=C)NC1CCc2c1ccc(C(=C)C)c2C)=N\C(C)=C\C. The van der Waals surface area contributed by atoms with Gasteiger partial charge in [-0.15, -0.1) is 0 Å². The fraction of sp³-hybridized carbons (Fsp3) is 0.324. The highest BCUT2D eigenvalue weighted by Crippen LogP contribution is 2.36. The summed E-state index contributed by atoms with van der Waals surface area (Å²) in [7, 11) is 0. The maximum Gasteiger partial charge on any atom is 0.0861 e. The number of nitrogens with one attached hydrogen (secondary N) is 2. The Morgan fingerprint density at radius 3 is 2.38 bits per heavy atom. The molecule has 0 aromatic heterocycles. The van der Waals surface area contributed by atoms with Gasteiger partial charge >= 0.3 is 0 Å². The molecule has 37 heavy (non-hydrogen) atoms. The molecule has 3 nitrogen and oxygen atoms in total. The van der Waals surface area contributed by atoms with Gasteiger partial charge in [-0.05, 0) is 112 Å². The third-order valence-corrected chi connectivity index (χ3v) is 7.43. The van der Waals surface area contributed by atoms with Gasteiger partial charge in [-0.2, -0.15) is 0 Å². The molecular weight excluding hydrogens is 450 g/mol. The summed E-state index contributed by atoms with van der Waals surface area (Å²) in [5, 5.41) is 7.16. The van der Waals surface area contributed by atoms with Gasteiger partial charge in [0.2, 0.25) is 0 Å². The van der Waals surface area contributed by atoms with Crippen LogP contribution in [0.5, 0.6) is 0 Å². The van der Waals surface area contributed by atoms with Gasteiger partial charge in [-0.25, -0.2) is 0 Å². The average molecular weight is 494 g/mol. The van der Waals surface area contributed by atoms with Crippen LogP contribution in [0.4, 0.5) is 0 Å². The molecule has 3 rings (SSSR count). The Bertz CT molecular complexity index is 1320. The summed E-state index contributed by atoms with van der Waals surface area (Å²) in [4.78, 5) is 4.83. The molecule has 1 aliphatic rings. The van der Waals surface area contributed by atoms with Crippen LogP contribution in [0.25, 0.3) is 5.57 Å². The second kappa shape index (κ2) is 12.1. The highest BCUT2D eigenvalue weighted by atomic mass is 14.9. The Morgan fingerprint density at radius 2 is 1.73 bits per heavy atom. The van der Waals surface area contributed by atoms with Crippen molar-refractivity contribution in [1.29, 1.82) is 0 Å². The zero-order valence-electron chi connectivity index (χ0n) is 23.8. The number of benzene rings is 2. The number of fused-ring (bicyclic) bond motifs is 1. The molecule has 2 N–H and O–H groups in total. The predicted molar refractivity (Wildman–Crippen MR) is 162 cm³/mol. The van der Waals surface area contributed by atoms with E-state index in [-0.39, 0.29) is 6.04 Å². The molecule has 0 amide bonds. The minimum absolute atomic E-state index is 0.257. The molecule has 3 heteroatoms. The van der Waals surface area contributed by atoms with E-state index in [4.69, 9.17) is 4.99 Å². The molecule has 2 aromatic carbocycles. The molecule has 0 radical (unpaired) electrons. The summed E-state index contributed by atoms with van der Waals surface area (Å²) in [5.41, 5.74) is 14.9. The molecule has 0 bridgehead atoms. The van der Waals surface area contributed by atoms with Crippen molar-refractivity contribution < 1.29 is 0 Å². The van der Waals surface area contributed by atoms with Crippen LogP contribution in [0, 0.1) is 20.8 Å². The van der Waals surface area contributed by atoms with E-state index in [1.807, 2.05) is 19.9 Å². The highest BCUT2D eigenvalue weighted by molar-refractivity contribution is 6.08. The molecular formula is C34H43N3. The number of allylic oxidation sites excluding steroid dienone is 5. The number of hydrogen-bond donors (Lipinski definition) is 2. The lowest BCUT2D eigenvalue weighted by Gasteiger charge is -2.20. The second-order valence-electron chi connectivity index (χ2n) is 10.3. The van der Waals surface area contributed by atoms with E-state index in [0.717, 1.165) is 46.8 Å². The van der Waals surface area contributed by atoms with E-state index < -0.39 is 0 Å². The van der Waals surface area contributed by atoms with E-state index in [2.05, 4.69) is 101 Å². The molecule has 1 atom stereocenters. The maximum atomic E-state index is 4.83. The first-order valence-corrected chi connectivity index (χ1v) is 13.1. The molecule has 194 valence electrons. The van der Waals surface area contributed by atoms with Crippen molar-refractivity contribution in [3.05, 3.63) is 124 Å². The topological polar surface area (TPSA) is 36.4 Å². The quantitative estimate of drug-likeness (QED) is 0.258. The van der Waals surface area contributed by atoms with Gasteiger partial charge in [0, 0.05) is 17.9 Å². The van der Waals surface area contributed by atoms with E-state index in [1.165, 1.54) is 38.9 Å². The first kappa shape index (κ1) is 28.0. The second-order valence-corrected chi connectivity index (χ2v) is 10.3. The zero-order valence-corrected chi connectivity index (χ0v) is 23.8. The van der Waals surface area contributed by atoms with E-state index in [1.54, 1.807) is 0 Å². The number of rotatable bonds is 10. The monoisotopic (exact) mass is 493 g/mol. The van der Waals surface area contributed by atoms with Gasteiger partial charge in [-0.1, -0.05) is 61.7 Å². The Balaban J connectivity index is 1.76. The van der Waals surface area contributed by atoms with Gasteiger partial charge in [0.05, 0.1) is 17.5 Å². The number of nitrogens with zero attached hydrogens (tertiary/aromatic N) is 1. The average Bonchev–Trinajstić information content (AvgIpc) is 3.27. The van der Waals surface area contributed by atoms with E-state index in [0.29, 0.717) is 6.54 Å². The number of aliphatic imine (C=N–C) groups is 1. The summed E-state index contributed by atoms with van der Waals surface area (Å²) in [6.45, 7) is 28.2. The van der Waals surface area contributed by atoms with Crippen LogP contribution in [0.3, 0.4) is 0 Å². The zero-order chi connectivity index (χ0) is 27.3. The van der Waals surface area contributed by atoms with Gasteiger partial charge in [-0.3, -0.25) is 4.99 Å². The highest BCUT2D eigenvalue weighted by Gasteiger charge is 2.25. The molecule has 1 aliphatic carbocycles. The fourth-order valence-electron chi connectivity index (χ4n) is 4.76. The Hall–Kier alpha value is -3.59. The van der Waals surface area contributed by atoms with Crippen molar-refractivity contribution in [2.75, 3.05) is 0 Å². The van der Waals surface area contributed by atoms with Crippen molar-refractivity contribution in [2.45, 2.75) is 73.9 Å². The van der Waals surface area contributed by atoms with E-state index >= 15 is 0 Å². The van der Waals surface area contributed by atoms with Gasteiger partial charge in [0.25, 0.3) is 0 Å². The standard InChI is InChI=1S/C34H43N3/c1-11-25(7)36-34(28(10)35-20-29-13-12-22(4)23(5)18-29)19-24(6)27(9)37-33-17-16-31-26(8)30(21(2)3)14-15-32(31)33/h11-15,18-19,33,35,37H,2,9-10,16-17,20H2,1,3-8H3/b24-19+,25-11+,36-34-. The fourth-order valence-corrected chi connectivity index (χ4v) is 4.76. The summed E-state index contributed by atoms with van der Waals surface area (Å²) < 4.78 is 0. The molecule has 0 fully saturated rings. The molecule has 0 saturated heterocycles. The molecule has 0 spiro atoms. The first-order valence-electron chi connectivity index (χ1n) is 13.1. The van der Waals surface area contributed by atoms with Gasteiger partial charge in [0.15, 0.2) is 0 Å².